The summed E-state index contributed by atoms with van der Waals surface area (Å²) in [6.45, 7) is 19.7. The third kappa shape index (κ3) is 3.92. The van der Waals surface area contributed by atoms with Gasteiger partial charge in [0.05, 0.1) is 31.5 Å². The molecule has 1 N–H and O–H groups in total. The smallest absolute Gasteiger partial charge is 0.225 e. The summed E-state index contributed by atoms with van der Waals surface area (Å²) in [4.78, 5) is 14.7. The standard InChI is InChI=1S/C36H60N2O4/c1-21(2)32(39)38-15-16-40-30(20-38)42-29-11-12-36-23(4)35(36)14-13-34(7)26(25(35)9-10-28(36)33(29,5)6)18-27-31(34)22(3)17-24(41-27)19-37-8/h21-31,37H,9-20H2,1-8H3/t22?,23-,24+,25-,26?,27+,28?,29-,30?,31?,34-,35-,36?/m0/s1. The Balaban J connectivity index is 1.09. The van der Waals surface area contributed by atoms with Gasteiger partial charge in [0.1, 0.15) is 0 Å². The molecule has 238 valence electrons. The predicted molar refractivity (Wildman–Crippen MR) is 165 cm³/mol. The maximum absolute atomic E-state index is 12.7. The highest BCUT2D eigenvalue weighted by atomic mass is 16.7. The Bertz CT molecular complexity index is 1060. The molecule has 2 aliphatic heterocycles. The highest BCUT2D eigenvalue weighted by Gasteiger charge is 2.84. The highest BCUT2D eigenvalue weighted by molar-refractivity contribution is 5.78. The summed E-state index contributed by atoms with van der Waals surface area (Å²) in [6, 6.07) is 0. The minimum atomic E-state index is -0.298. The second kappa shape index (κ2) is 10.2. The zero-order valence-electron chi connectivity index (χ0n) is 27.9. The van der Waals surface area contributed by atoms with Gasteiger partial charge in [-0.05, 0) is 116 Å². The minimum absolute atomic E-state index is 0.0168. The van der Waals surface area contributed by atoms with Crippen LogP contribution in [0.15, 0.2) is 0 Å². The molecule has 2 saturated heterocycles. The third-order valence-corrected chi connectivity index (χ3v) is 15.2. The lowest BCUT2D eigenvalue weighted by Crippen LogP contribution is -2.56. The number of nitrogens with one attached hydrogen (secondary N) is 1. The summed E-state index contributed by atoms with van der Waals surface area (Å²) in [5.74, 6) is 4.92. The summed E-state index contributed by atoms with van der Waals surface area (Å²) in [5.41, 5.74) is 1.54. The van der Waals surface area contributed by atoms with E-state index in [2.05, 4.69) is 47.0 Å². The van der Waals surface area contributed by atoms with E-state index in [4.69, 9.17) is 14.2 Å². The van der Waals surface area contributed by atoms with Gasteiger partial charge in [0, 0.05) is 19.0 Å². The van der Waals surface area contributed by atoms with Gasteiger partial charge in [0.15, 0.2) is 6.29 Å². The Kier molecular flexibility index (Phi) is 7.25. The van der Waals surface area contributed by atoms with E-state index in [1.54, 1.807) is 0 Å². The molecular formula is C36H60N2O4. The zero-order chi connectivity index (χ0) is 29.8. The molecule has 6 unspecified atom stereocenters. The Hall–Kier alpha value is -0.690. The number of rotatable bonds is 5. The number of likely N-dealkylation sites (N-methyl/N-ethyl adjacent to an activating group) is 1. The summed E-state index contributed by atoms with van der Waals surface area (Å²) in [6.07, 6.45) is 11.2. The van der Waals surface area contributed by atoms with E-state index < -0.39 is 0 Å². The van der Waals surface area contributed by atoms with Crippen LogP contribution in [-0.4, -0.2) is 68.7 Å². The first-order chi connectivity index (χ1) is 19.9. The largest absolute Gasteiger partial charge is 0.373 e. The van der Waals surface area contributed by atoms with Crippen LogP contribution in [0.3, 0.4) is 0 Å². The number of amides is 1. The first-order valence-electron chi connectivity index (χ1n) is 17.8. The quantitative estimate of drug-likeness (QED) is 0.421. The van der Waals surface area contributed by atoms with Crippen LogP contribution in [-0.2, 0) is 19.0 Å². The highest BCUT2D eigenvalue weighted by Crippen LogP contribution is 2.89. The molecule has 6 nitrogen and oxygen atoms in total. The fourth-order valence-electron chi connectivity index (χ4n) is 13.7. The van der Waals surface area contributed by atoms with Crippen LogP contribution in [0.5, 0.6) is 0 Å². The Morgan fingerprint density at radius 2 is 1.81 bits per heavy atom. The van der Waals surface area contributed by atoms with Gasteiger partial charge in [-0.2, -0.15) is 0 Å². The van der Waals surface area contributed by atoms with E-state index in [9.17, 15) is 4.79 Å². The Labute approximate surface area is 255 Å². The van der Waals surface area contributed by atoms with Crippen molar-refractivity contribution < 1.29 is 19.0 Å². The van der Waals surface area contributed by atoms with Gasteiger partial charge in [-0.3, -0.25) is 4.79 Å². The van der Waals surface area contributed by atoms with Gasteiger partial charge < -0.3 is 24.4 Å². The van der Waals surface area contributed by atoms with Crippen molar-refractivity contribution >= 4 is 5.91 Å². The van der Waals surface area contributed by atoms with Crippen LogP contribution in [0, 0.1) is 63.1 Å². The van der Waals surface area contributed by atoms with E-state index >= 15 is 0 Å². The first kappa shape index (κ1) is 30.0. The van der Waals surface area contributed by atoms with Crippen LogP contribution >= 0.6 is 0 Å². The van der Waals surface area contributed by atoms with Crippen molar-refractivity contribution in [3.63, 3.8) is 0 Å². The molecule has 6 heteroatoms. The number of fused-ring (bicyclic) bond motifs is 4. The van der Waals surface area contributed by atoms with Gasteiger partial charge in [0.25, 0.3) is 0 Å². The van der Waals surface area contributed by atoms with Crippen molar-refractivity contribution in [2.45, 2.75) is 124 Å². The van der Waals surface area contributed by atoms with E-state index in [1.807, 2.05) is 18.7 Å². The molecule has 0 radical (unpaired) electrons. The topological polar surface area (TPSA) is 60.0 Å². The fourth-order valence-corrected chi connectivity index (χ4v) is 13.7. The molecule has 7 rings (SSSR count). The average molecular weight is 585 g/mol. The minimum Gasteiger partial charge on any atom is -0.373 e. The van der Waals surface area contributed by atoms with Crippen LogP contribution < -0.4 is 5.32 Å². The molecule has 5 saturated carbocycles. The van der Waals surface area contributed by atoms with E-state index in [0.29, 0.717) is 54.1 Å². The maximum atomic E-state index is 12.7. The molecule has 0 aromatic heterocycles. The summed E-state index contributed by atoms with van der Waals surface area (Å²) >= 11 is 0. The average Bonchev–Trinajstić information content (AvgIpc) is 3.31. The molecule has 0 aromatic rings. The lowest BCUT2D eigenvalue weighted by Gasteiger charge is -2.60. The Morgan fingerprint density at radius 3 is 2.55 bits per heavy atom. The van der Waals surface area contributed by atoms with Crippen molar-refractivity contribution in [2.24, 2.45) is 63.1 Å². The third-order valence-electron chi connectivity index (χ3n) is 15.2. The lowest BCUT2D eigenvalue weighted by molar-refractivity contribution is -0.245. The molecule has 2 heterocycles. The molecule has 7 aliphatic rings. The van der Waals surface area contributed by atoms with Crippen molar-refractivity contribution in [3.8, 4) is 0 Å². The second-order valence-corrected chi connectivity index (χ2v) is 17.2. The summed E-state index contributed by atoms with van der Waals surface area (Å²) in [7, 11) is 2.07. The molecule has 0 aromatic carbocycles. The lowest BCUT2D eigenvalue weighted by atomic mass is 9.46. The molecule has 7 fully saturated rings. The first-order valence-corrected chi connectivity index (χ1v) is 17.8. The number of carbonyl (C=O) groups excluding carboxylic acids is 1. The zero-order valence-corrected chi connectivity index (χ0v) is 27.9. The number of hydrogen-bond donors (Lipinski definition) is 1. The summed E-state index contributed by atoms with van der Waals surface area (Å²) < 4.78 is 19.8. The van der Waals surface area contributed by atoms with Gasteiger partial charge in [-0.15, -0.1) is 0 Å². The number of carbonyl (C=O) groups is 1. The van der Waals surface area contributed by atoms with Gasteiger partial charge >= 0.3 is 0 Å². The molecule has 2 spiro atoms. The van der Waals surface area contributed by atoms with Gasteiger partial charge in [0.2, 0.25) is 5.91 Å². The van der Waals surface area contributed by atoms with E-state index in [1.165, 1.54) is 44.9 Å². The number of ether oxygens (including phenoxy) is 3. The van der Waals surface area contributed by atoms with Crippen molar-refractivity contribution in [2.75, 3.05) is 33.3 Å². The maximum Gasteiger partial charge on any atom is 0.225 e. The van der Waals surface area contributed by atoms with Crippen molar-refractivity contribution in [1.82, 2.24) is 10.2 Å². The van der Waals surface area contributed by atoms with Gasteiger partial charge in [-0.1, -0.05) is 48.5 Å². The van der Waals surface area contributed by atoms with Crippen molar-refractivity contribution in [3.05, 3.63) is 0 Å². The molecule has 1 amide bonds. The summed E-state index contributed by atoms with van der Waals surface area (Å²) in [5, 5.41) is 3.39. The molecule has 0 bridgehead atoms. The van der Waals surface area contributed by atoms with Crippen molar-refractivity contribution in [1.29, 1.82) is 0 Å². The van der Waals surface area contributed by atoms with Crippen LogP contribution in [0.25, 0.3) is 0 Å². The predicted octanol–water partition coefficient (Wildman–Crippen LogP) is 6.13. The fraction of sp³-hybridized carbons (Fsp3) is 0.972. The van der Waals surface area contributed by atoms with E-state index in [0.717, 1.165) is 42.6 Å². The van der Waals surface area contributed by atoms with Crippen LogP contribution in [0.4, 0.5) is 0 Å². The second-order valence-electron chi connectivity index (χ2n) is 17.2. The number of nitrogens with zero attached hydrogens (tertiary/aromatic N) is 1. The number of hydrogen-bond acceptors (Lipinski definition) is 5. The molecule has 13 atom stereocenters. The SMILES string of the molecule is CNC[C@H]1CC(C)C2[C@@H](CC3[C@@H]4CCC5C(C)(C)[C@@H](OC6CN(C(=O)C(C)C)CCO6)CCC56[C@@H](C)[C@@]46CC[C@]23C)O1. The van der Waals surface area contributed by atoms with Gasteiger partial charge in [-0.25, -0.2) is 0 Å². The molecule has 42 heavy (non-hydrogen) atoms. The molecular weight excluding hydrogens is 524 g/mol. The van der Waals surface area contributed by atoms with Crippen LogP contribution in [0.2, 0.25) is 0 Å². The van der Waals surface area contributed by atoms with Crippen LogP contribution in [0.1, 0.15) is 99.8 Å². The number of morpholine rings is 1. The Morgan fingerprint density at radius 1 is 1.02 bits per heavy atom. The monoisotopic (exact) mass is 584 g/mol. The normalized spacial score (nSPS) is 52.5. The van der Waals surface area contributed by atoms with E-state index in [-0.39, 0.29) is 29.6 Å². The molecule has 5 aliphatic carbocycles.